The molecule has 1 aromatic heterocycles. The van der Waals surface area contributed by atoms with Crippen LogP contribution in [0.4, 0.5) is 5.69 Å². The van der Waals surface area contributed by atoms with Crippen molar-refractivity contribution >= 4 is 73.1 Å². The standard InChI is InChI=1S/C22H17BrIN3OS/c1-13-10-15(14(2)27(13)19-8-6-17(24)7-9-19)11-20-21(28)26-22(29-20)25-18-5-3-4-16(23)12-18/h3-12H,1-2H3,(H,25,26,28)/b20-11+. The molecule has 0 aliphatic carbocycles. The first kappa shape index (κ1) is 20.4. The highest BCUT2D eigenvalue weighted by Crippen LogP contribution is 2.31. The molecule has 1 aliphatic rings. The summed E-state index contributed by atoms with van der Waals surface area (Å²) in [6.07, 6.45) is 1.94. The maximum absolute atomic E-state index is 12.5. The summed E-state index contributed by atoms with van der Waals surface area (Å²) in [5, 5.41) is 3.44. The van der Waals surface area contributed by atoms with Crippen LogP contribution in [0.25, 0.3) is 11.8 Å². The lowest BCUT2D eigenvalue weighted by Gasteiger charge is -2.09. The summed E-state index contributed by atoms with van der Waals surface area (Å²) in [5.74, 6) is -0.122. The number of rotatable bonds is 3. The van der Waals surface area contributed by atoms with Crippen LogP contribution in [0.5, 0.6) is 0 Å². The van der Waals surface area contributed by atoms with Crippen LogP contribution >= 0.6 is 50.3 Å². The van der Waals surface area contributed by atoms with E-state index < -0.39 is 0 Å². The molecule has 2 heterocycles. The Hall–Kier alpha value is -1.84. The normalized spacial score (nSPS) is 16.6. The monoisotopic (exact) mass is 577 g/mol. The van der Waals surface area contributed by atoms with Gasteiger partial charge in [0, 0.05) is 25.1 Å². The summed E-state index contributed by atoms with van der Waals surface area (Å²) in [5.41, 5.74) is 5.16. The van der Waals surface area contributed by atoms with Crippen LogP contribution < -0.4 is 5.32 Å². The van der Waals surface area contributed by atoms with Crippen LogP contribution in [0.15, 0.2) is 69.0 Å². The third-order valence-corrected chi connectivity index (χ3v) is 6.65. The van der Waals surface area contributed by atoms with E-state index in [0.29, 0.717) is 10.1 Å². The van der Waals surface area contributed by atoms with Crippen molar-refractivity contribution < 1.29 is 4.79 Å². The van der Waals surface area contributed by atoms with Crippen molar-refractivity contribution in [1.29, 1.82) is 0 Å². The highest BCUT2D eigenvalue weighted by molar-refractivity contribution is 14.1. The third kappa shape index (κ3) is 4.51. The molecule has 2 aromatic carbocycles. The summed E-state index contributed by atoms with van der Waals surface area (Å²) < 4.78 is 4.36. The second-order valence-electron chi connectivity index (χ2n) is 6.60. The fourth-order valence-electron chi connectivity index (χ4n) is 3.21. The van der Waals surface area contributed by atoms with E-state index in [0.717, 1.165) is 32.8 Å². The minimum atomic E-state index is -0.122. The van der Waals surface area contributed by atoms with Gasteiger partial charge in [-0.05, 0) is 108 Å². The number of amides is 1. The molecular weight excluding hydrogens is 561 g/mol. The first-order chi connectivity index (χ1) is 13.9. The van der Waals surface area contributed by atoms with Gasteiger partial charge in [0.05, 0.1) is 10.6 Å². The molecule has 0 spiro atoms. The number of carbonyl (C=O) groups is 1. The molecule has 7 heteroatoms. The van der Waals surface area contributed by atoms with E-state index in [9.17, 15) is 4.79 Å². The molecule has 29 heavy (non-hydrogen) atoms. The van der Waals surface area contributed by atoms with Gasteiger partial charge >= 0.3 is 0 Å². The van der Waals surface area contributed by atoms with Gasteiger partial charge in [-0.2, -0.15) is 0 Å². The van der Waals surface area contributed by atoms with Gasteiger partial charge in [0.25, 0.3) is 5.91 Å². The fraction of sp³-hybridized carbons (Fsp3) is 0.0909. The van der Waals surface area contributed by atoms with Gasteiger partial charge < -0.3 is 9.88 Å². The third-order valence-electron chi connectivity index (χ3n) is 4.53. The Morgan fingerprint density at radius 2 is 1.90 bits per heavy atom. The maximum atomic E-state index is 12.5. The zero-order chi connectivity index (χ0) is 20.5. The Kier molecular flexibility index (Phi) is 5.98. The average Bonchev–Trinajstić information content (AvgIpc) is 3.15. The largest absolute Gasteiger partial charge is 0.318 e. The van der Waals surface area contributed by atoms with Crippen LogP contribution in [0, 0.1) is 17.4 Å². The van der Waals surface area contributed by atoms with E-state index >= 15 is 0 Å². The molecule has 3 aromatic rings. The van der Waals surface area contributed by atoms with Gasteiger partial charge in [-0.15, -0.1) is 0 Å². The Morgan fingerprint density at radius 3 is 2.62 bits per heavy atom. The molecule has 146 valence electrons. The molecule has 1 saturated heterocycles. The lowest BCUT2D eigenvalue weighted by Crippen LogP contribution is -2.19. The van der Waals surface area contributed by atoms with E-state index in [1.54, 1.807) is 0 Å². The highest BCUT2D eigenvalue weighted by Gasteiger charge is 2.24. The van der Waals surface area contributed by atoms with E-state index in [-0.39, 0.29) is 5.91 Å². The molecule has 0 atom stereocenters. The lowest BCUT2D eigenvalue weighted by molar-refractivity contribution is -0.115. The topological polar surface area (TPSA) is 46.4 Å². The Balaban J connectivity index is 1.64. The number of thioether (sulfide) groups is 1. The number of hydrogen-bond acceptors (Lipinski definition) is 3. The fourth-order valence-corrected chi connectivity index (χ4v) is 4.79. The highest BCUT2D eigenvalue weighted by atomic mass is 127. The van der Waals surface area contributed by atoms with Gasteiger partial charge in [-0.25, -0.2) is 4.99 Å². The van der Waals surface area contributed by atoms with Crippen molar-refractivity contribution in [3.05, 3.63) is 84.5 Å². The van der Waals surface area contributed by atoms with Crippen molar-refractivity contribution in [2.75, 3.05) is 0 Å². The number of amidine groups is 1. The molecular formula is C22H17BrIN3OS. The number of aliphatic imine (C=N–C) groups is 1. The van der Waals surface area contributed by atoms with E-state index in [4.69, 9.17) is 0 Å². The molecule has 4 rings (SSSR count). The molecule has 1 amide bonds. The summed E-state index contributed by atoms with van der Waals surface area (Å²) in [4.78, 5) is 17.6. The Labute approximate surface area is 195 Å². The molecule has 0 bridgehead atoms. The van der Waals surface area contributed by atoms with Crippen LogP contribution in [0.2, 0.25) is 0 Å². The van der Waals surface area contributed by atoms with Gasteiger partial charge in [-0.3, -0.25) is 4.79 Å². The number of benzene rings is 2. The van der Waals surface area contributed by atoms with Crippen LogP contribution in [0.1, 0.15) is 17.0 Å². The molecule has 0 saturated carbocycles. The van der Waals surface area contributed by atoms with Gasteiger partial charge in [-0.1, -0.05) is 22.0 Å². The van der Waals surface area contributed by atoms with Gasteiger partial charge in [0.2, 0.25) is 0 Å². The number of hydrogen-bond donors (Lipinski definition) is 1. The first-order valence-electron chi connectivity index (χ1n) is 8.91. The first-order valence-corrected chi connectivity index (χ1v) is 11.6. The van der Waals surface area contributed by atoms with E-state index in [1.807, 2.05) is 30.3 Å². The predicted molar refractivity (Wildman–Crippen MR) is 133 cm³/mol. The maximum Gasteiger partial charge on any atom is 0.264 e. The van der Waals surface area contributed by atoms with Crippen molar-refractivity contribution in [3.63, 3.8) is 0 Å². The number of carbonyl (C=O) groups excluding carboxylic acids is 1. The molecule has 0 radical (unpaired) electrons. The number of aryl methyl sites for hydroxylation is 1. The minimum absolute atomic E-state index is 0.122. The average molecular weight is 578 g/mol. The Morgan fingerprint density at radius 1 is 1.14 bits per heavy atom. The van der Waals surface area contributed by atoms with Crippen LogP contribution in [-0.2, 0) is 4.79 Å². The van der Waals surface area contributed by atoms with Crippen LogP contribution in [-0.4, -0.2) is 15.6 Å². The second-order valence-corrected chi connectivity index (χ2v) is 9.79. The second kappa shape index (κ2) is 8.49. The summed E-state index contributed by atoms with van der Waals surface area (Å²) in [6.45, 7) is 4.15. The molecule has 1 N–H and O–H groups in total. The molecule has 4 nitrogen and oxygen atoms in total. The zero-order valence-corrected chi connectivity index (χ0v) is 20.3. The van der Waals surface area contributed by atoms with Crippen LogP contribution in [0.3, 0.4) is 0 Å². The van der Waals surface area contributed by atoms with Crippen molar-refractivity contribution in [2.45, 2.75) is 13.8 Å². The SMILES string of the molecule is Cc1cc(/C=C2/SC(=Nc3cccc(Br)c3)NC2=O)c(C)n1-c1ccc(I)cc1. The number of halogens is 2. The smallest absolute Gasteiger partial charge is 0.264 e. The molecule has 1 fully saturated rings. The molecule has 1 aliphatic heterocycles. The number of nitrogens with zero attached hydrogens (tertiary/aromatic N) is 2. The Bertz CT molecular complexity index is 1170. The van der Waals surface area contributed by atoms with Crippen molar-refractivity contribution in [2.24, 2.45) is 4.99 Å². The summed E-state index contributed by atoms with van der Waals surface area (Å²) in [6, 6.07) is 18.2. The van der Waals surface area contributed by atoms with E-state index in [2.05, 4.69) is 97.6 Å². The van der Waals surface area contributed by atoms with E-state index in [1.165, 1.54) is 15.3 Å². The summed E-state index contributed by atoms with van der Waals surface area (Å²) in [7, 11) is 0. The quantitative estimate of drug-likeness (QED) is 0.291. The van der Waals surface area contributed by atoms with Crippen molar-refractivity contribution in [3.8, 4) is 5.69 Å². The lowest BCUT2D eigenvalue weighted by atomic mass is 10.2. The summed E-state index contributed by atoms with van der Waals surface area (Å²) >= 11 is 7.11. The van der Waals surface area contributed by atoms with Gasteiger partial charge in [0.15, 0.2) is 5.17 Å². The van der Waals surface area contributed by atoms with Gasteiger partial charge in [0.1, 0.15) is 0 Å². The van der Waals surface area contributed by atoms with Crippen molar-refractivity contribution in [1.82, 2.24) is 9.88 Å². The molecule has 0 unspecified atom stereocenters. The minimum Gasteiger partial charge on any atom is -0.318 e. The number of nitrogens with one attached hydrogen (secondary N) is 1. The zero-order valence-electron chi connectivity index (χ0n) is 15.7. The predicted octanol–water partition coefficient (Wildman–Crippen LogP) is 6.35. The number of aromatic nitrogens is 1.